The van der Waals surface area contributed by atoms with E-state index in [0.29, 0.717) is 34.0 Å². The smallest absolute Gasteiger partial charge is 0.273 e. The molecule has 6 nitrogen and oxygen atoms in total. The molecule has 0 radical (unpaired) electrons. The van der Waals surface area contributed by atoms with Crippen molar-refractivity contribution in [3.63, 3.8) is 0 Å². The van der Waals surface area contributed by atoms with Crippen LogP contribution in [0.2, 0.25) is 0 Å². The average Bonchev–Trinajstić information content (AvgIpc) is 2.84. The molecular formula is C29H28BrF2N3O3. The lowest BCUT2D eigenvalue weighted by atomic mass is 10.0. The number of aromatic nitrogens is 3. The highest BCUT2D eigenvalue weighted by Crippen LogP contribution is 2.29. The van der Waals surface area contributed by atoms with Crippen LogP contribution in [0.3, 0.4) is 0 Å². The first-order valence-electron chi connectivity index (χ1n) is 11.9. The van der Waals surface area contributed by atoms with E-state index in [-0.39, 0.29) is 28.0 Å². The van der Waals surface area contributed by atoms with Crippen LogP contribution in [0, 0.1) is 39.3 Å². The maximum Gasteiger partial charge on any atom is 0.273 e. The van der Waals surface area contributed by atoms with Crippen molar-refractivity contribution in [2.75, 3.05) is 0 Å². The Morgan fingerprint density at radius 2 is 1.71 bits per heavy atom. The minimum Gasteiger partial charge on any atom is -0.487 e. The van der Waals surface area contributed by atoms with Crippen LogP contribution >= 0.6 is 15.9 Å². The lowest BCUT2D eigenvalue weighted by molar-refractivity contribution is 0.0739. The first kappa shape index (κ1) is 27.6. The highest BCUT2D eigenvalue weighted by molar-refractivity contribution is 9.10. The van der Waals surface area contributed by atoms with E-state index in [9.17, 15) is 18.7 Å². The Morgan fingerprint density at radius 3 is 2.39 bits per heavy atom. The largest absolute Gasteiger partial charge is 0.487 e. The van der Waals surface area contributed by atoms with Crippen molar-refractivity contribution in [2.24, 2.45) is 0 Å². The van der Waals surface area contributed by atoms with E-state index >= 15 is 0 Å². The van der Waals surface area contributed by atoms with Gasteiger partial charge in [-0.25, -0.2) is 13.8 Å². The Kier molecular flexibility index (Phi) is 7.54. The Morgan fingerprint density at radius 1 is 1.00 bits per heavy atom. The van der Waals surface area contributed by atoms with Gasteiger partial charge >= 0.3 is 0 Å². The van der Waals surface area contributed by atoms with Crippen LogP contribution in [-0.4, -0.2) is 19.6 Å². The second kappa shape index (κ2) is 10.4. The zero-order valence-electron chi connectivity index (χ0n) is 22.0. The molecule has 0 atom stereocenters. The van der Waals surface area contributed by atoms with Crippen LogP contribution in [0.15, 0.2) is 51.9 Å². The van der Waals surface area contributed by atoms with Crippen LogP contribution in [0.4, 0.5) is 8.78 Å². The lowest BCUT2D eigenvalue weighted by Crippen LogP contribution is -2.23. The van der Waals surface area contributed by atoms with Gasteiger partial charge < -0.3 is 9.84 Å². The zero-order valence-corrected chi connectivity index (χ0v) is 23.6. The molecule has 0 aliphatic rings. The number of pyridine rings is 3. The maximum absolute atomic E-state index is 14.2. The molecule has 4 aromatic rings. The number of hydrogen-bond donors (Lipinski definition) is 1. The van der Waals surface area contributed by atoms with Gasteiger partial charge in [-0.1, -0.05) is 6.07 Å². The number of rotatable bonds is 6. The fraction of sp³-hybridized carbons (Fsp3) is 0.276. The molecule has 3 aromatic heterocycles. The predicted octanol–water partition coefficient (Wildman–Crippen LogP) is 6.38. The lowest BCUT2D eigenvalue weighted by Gasteiger charge is -2.19. The Hall–Kier alpha value is -3.43. The molecule has 0 unspecified atom stereocenters. The summed E-state index contributed by atoms with van der Waals surface area (Å²) >= 11 is 3.34. The summed E-state index contributed by atoms with van der Waals surface area (Å²) in [6.45, 7) is 10.2. The first-order valence-corrected chi connectivity index (χ1v) is 12.7. The van der Waals surface area contributed by atoms with Gasteiger partial charge in [0.05, 0.1) is 22.8 Å². The van der Waals surface area contributed by atoms with E-state index in [0.717, 1.165) is 17.2 Å². The van der Waals surface area contributed by atoms with E-state index in [1.54, 1.807) is 52.1 Å². The van der Waals surface area contributed by atoms with Gasteiger partial charge in [0.1, 0.15) is 34.1 Å². The zero-order chi connectivity index (χ0) is 27.9. The summed E-state index contributed by atoms with van der Waals surface area (Å²) in [4.78, 5) is 22.7. The molecule has 1 aromatic carbocycles. The monoisotopic (exact) mass is 583 g/mol. The number of aryl methyl sites for hydroxylation is 4. The third kappa shape index (κ3) is 5.39. The van der Waals surface area contributed by atoms with Crippen molar-refractivity contribution in [3.8, 4) is 22.8 Å². The van der Waals surface area contributed by atoms with Gasteiger partial charge in [0.2, 0.25) is 0 Å². The summed E-state index contributed by atoms with van der Waals surface area (Å²) in [6.07, 6.45) is 1.67. The number of halogens is 3. The Balaban J connectivity index is 1.75. The normalized spacial score (nSPS) is 11.6. The average molecular weight is 584 g/mol. The van der Waals surface area contributed by atoms with Gasteiger partial charge in [0.15, 0.2) is 0 Å². The highest BCUT2D eigenvalue weighted by atomic mass is 79.9. The summed E-state index contributed by atoms with van der Waals surface area (Å²) in [5.74, 6) is -1.10. The molecule has 198 valence electrons. The van der Waals surface area contributed by atoms with E-state index in [1.165, 1.54) is 10.6 Å². The SMILES string of the molecule is Cc1cc(COc2cc(C)n(-c3cc(-c4nc(C(C)(C)O)ccc4C)ncc3C)c(=O)c2Br)c(F)cc1F. The van der Waals surface area contributed by atoms with Gasteiger partial charge in [-0.2, -0.15) is 0 Å². The summed E-state index contributed by atoms with van der Waals surface area (Å²) in [7, 11) is 0. The van der Waals surface area contributed by atoms with Gasteiger partial charge in [0, 0.05) is 29.6 Å². The van der Waals surface area contributed by atoms with Gasteiger partial charge in [-0.05, 0) is 92.4 Å². The fourth-order valence-electron chi connectivity index (χ4n) is 4.08. The summed E-state index contributed by atoms with van der Waals surface area (Å²) < 4.78 is 35.3. The van der Waals surface area contributed by atoms with Crippen molar-refractivity contribution < 1.29 is 18.6 Å². The number of benzene rings is 1. The highest BCUT2D eigenvalue weighted by Gasteiger charge is 2.21. The standard InChI is InChI=1S/C29H28BrF2N3O3/c1-15-7-8-25(29(5,6)37)34-27(15)22-12-23(17(3)13-33-22)35-18(4)10-24(26(30)28(35)36)38-14-19-9-16(2)20(31)11-21(19)32/h7-13,37H,14H2,1-6H3. The van der Waals surface area contributed by atoms with Gasteiger partial charge in [-0.15, -0.1) is 0 Å². The first-order chi connectivity index (χ1) is 17.8. The number of hydrogen-bond acceptors (Lipinski definition) is 5. The van der Waals surface area contributed by atoms with Crippen molar-refractivity contribution in [1.29, 1.82) is 0 Å². The molecule has 0 aliphatic heterocycles. The summed E-state index contributed by atoms with van der Waals surface area (Å²) in [5.41, 5.74) is 3.49. The number of nitrogens with zero attached hydrogens (tertiary/aromatic N) is 3. The molecule has 0 bridgehead atoms. The van der Waals surface area contributed by atoms with Crippen molar-refractivity contribution in [1.82, 2.24) is 14.5 Å². The molecule has 0 spiro atoms. The Bertz CT molecular complexity index is 1610. The van der Waals surface area contributed by atoms with Crippen LogP contribution in [0.1, 0.15) is 47.5 Å². The molecule has 0 saturated heterocycles. The van der Waals surface area contributed by atoms with E-state index in [2.05, 4.69) is 25.9 Å². The Labute approximate surface area is 228 Å². The fourth-order valence-corrected chi connectivity index (χ4v) is 4.49. The maximum atomic E-state index is 14.2. The molecule has 0 saturated carbocycles. The third-order valence-electron chi connectivity index (χ3n) is 6.29. The van der Waals surface area contributed by atoms with Crippen molar-refractivity contribution >= 4 is 15.9 Å². The molecule has 38 heavy (non-hydrogen) atoms. The van der Waals surface area contributed by atoms with Crippen LogP contribution < -0.4 is 10.3 Å². The topological polar surface area (TPSA) is 77.2 Å². The van der Waals surface area contributed by atoms with Crippen molar-refractivity contribution in [3.05, 3.63) is 103 Å². The molecule has 9 heteroatoms. The van der Waals surface area contributed by atoms with Crippen molar-refractivity contribution in [2.45, 2.75) is 53.8 Å². The predicted molar refractivity (Wildman–Crippen MR) is 146 cm³/mol. The molecular weight excluding hydrogens is 556 g/mol. The molecule has 4 rings (SSSR count). The summed E-state index contributed by atoms with van der Waals surface area (Å²) in [6, 6.07) is 9.33. The second-order valence-electron chi connectivity index (χ2n) is 9.86. The van der Waals surface area contributed by atoms with E-state index < -0.39 is 17.2 Å². The van der Waals surface area contributed by atoms with E-state index in [4.69, 9.17) is 4.74 Å². The third-order valence-corrected chi connectivity index (χ3v) is 7.02. The van der Waals surface area contributed by atoms with Crippen LogP contribution in [0.5, 0.6) is 5.75 Å². The molecule has 0 fully saturated rings. The molecule has 1 N–H and O–H groups in total. The molecule has 3 heterocycles. The number of aliphatic hydroxyl groups is 1. The molecule has 0 aliphatic carbocycles. The number of ether oxygens (including phenoxy) is 1. The van der Waals surface area contributed by atoms with Crippen LogP contribution in [0.25, 0.3) is 17.1 Å². The van der Waals surface area contributed by atoms with Crippen LogP contribution in [-0.2, 0) is 12.2 Å². The summed E-state index contributed by atoms with van der Waals surface area (Å²) in [5, 5.41) is 10.4. The minimum atomic E-state index is -1.13. The second-order valence-corrected chi connectivity index (χ2v) is 10.7. The van der Waals surface area contributed by atoms with Gasteiger partial charge in [0.25, 0.3) is 5.56 Å². The quantitative estimate of drug-likeness (QED) is 0.285. The van der Waals surface area contributed by atoms with E-state index in [1.807, 2.05) is 19.9 Å². The van der Waals surface area contributed by atoms with Gasteiger partial charge in [-0.3, -0.25) is 14.3 Å². The minimum absolute atomic E-state index is 0.165. The molecule has 0 amide bonds.